The first-order valence-electron chi connectivity index (χ1n) is 12.1. The summed E-state index contributed by atoms with van der Waals surface area (Å²) in [5, 5.41) is 0. The van der Waals surface area contributed by atoms with Crippen molar-refractivity contribution in [3.63, 3.8) is 0 Å². The van der Waals surface area contributed by atoms with Gasteiger partial charge >= 0.3 is 5.97 Å². The van der Waals surface area contributed by atoms with Crippen LogP contribution in [0.1, 0.15) is 124 Å². The second-order valence-corrected chi connectivity index (χ2v) is 8.93. The maximum atomic E-state index is 12.2. The number of hydrogen-bond acceptors (Lipinski definition) is 2. The van der Waals surface area contributed by atoms with Crippen molar-refractivity contribution in [2.75, 3.05) is 0 Å². The first-order chi connectivity index (χ1) is 13.5. The third kappa shape index (κ3) is 11.7. The Bertz CT molecular complexity index is 463. The van der Waals surface area contributed by atoms with Crippen molar-refractivity contribution in [1.29, 1.82) is 0 Å². The molecule has 0 heterocycles. The van der Waals surface area contributed by atoms with Gasteiger partial charge in [0.05, 0.1) is 0 Å². The van der Waals surface area contributed by atoms with E-state index >= 15 is 0 Å². The molecule has 2 nitrogen and oxygen atoms in total. The van der Waals surface area contributed by atoms with Gasteiger partial charge in [0, 0.05) is 6.42 Å². The highest BCUT2D eigenvalue weighted by molar-refractivity contribution is 5.69. The average molecular weight is 391 g/mol. The Morgan fingerprint density at radius 2 is 1.46 bits per heavy atom. The molecule has 2 heteroatoms. The number of unbranched alkanes of at least 4 members (excludes halogenated alkanes) is 12. The van der Waals surface area contributed by atoms with Gasteiger partial charge in [-0.1, -0.05) is 102 Å². The molecule has 0 spiro atoms. The molecule has 162 valence electrons. The third-order valence-electron chi connectivity index (χ3n) is 6.19. The second kappa shape index (κ2) is 15.8. The van der Waals surface area contributed by atoms with E-state index in [-0.39, 0.29) is 12.1 Å². The molecule has 0 amide bonds. The van der Waals surface area contributed by atoms with Crippen molar-refractivity contribution >= 4 is 5.97 Å². The average Bonchev–Trinajstić information content (AvgIpc) is 2.67. The first-order valence-corrected chi connectivity index (χ1v) is 12.1. The summed E-state index contributed by atoms with van der Waals surface area (Å²) >= 11 is 0. The smallest absolute Gasteiger partial charge is 0.306 e. The Morgan fingerprint density at radius 1 is 0.964 bits per heavy atom. The monoisotopic (exact) mass is 390 g/mol. The van der Waals surface area contributed by atoms with Gasteiger partial charge in [-0.15, -0.1) is 0 Å². The van der Waals surface area contributed by atoms with Crippen LogP contribution >= 0.6 is 0 Å². The second-order valence-electron chi connectivity index (χ2n) is 8.93. The minimum absolute atomic E-state index is 0.0248. The van der Waals surface area contributed by atoms with Gasteiger partial charge in [-0.3, -0.25) is 4.79 Å². The molecule has 2 unspecified atom stereocenters. The standard InChI is InChI=1S/C26H46O2/c1-5-6-7-8-9-10-11-12-13-14-15-16-17-18-26(27)28-25-21-24(22(2)3)20-19-23(25)4/h19,24-25H,2,5-18,20-21H2,1,3-4H3. The van der Waals surface area contributed by atoms with Gasteiger partial charge < -0.3 is 4.74 Å². The predicted molar refractivity (Wildman–Crippen MR) is 121 cm³/mol. The number of hydrogen-bond donors (Lipinski definition) is 0. The van der Waals surface area contributed by atoms with Crippen LogP contribution in [0.15, 0.2) is 23.8 Å². The SMILES string of the molecule is C=C(C)C1CC=C(C)C(OC(=O)CCCCCCCCCCCCCCC)C1. The molecule has 0 aromatic heterocycles. The minimum Gasteiger partial charge on any atom is -0.458 e. The molecule has 28 heavy (non-hydrogen) atoms. The van der Waals surface area contributed by atoms with Crippen LogP contribution in [0.5, 0.6) is 0 Å². The summed E-state index contributed by atoms with van der Waals surface area (Å²) in [7, 11) is 0. The van der Waals surface area contributed by atoms with Gasteiger partial charge in [-0.2, -0.15) is 0 Å². The Hall–Kier alpha value is -1.05. The van der Waals surface area contributed by atoms with Gasteiger partial charge in [0.25, 0.3) is 0 Å². The van der Waals surface area contributed by atoms with E-state index in [1.165, 1.54) is 81.8 Å². The molecule has 0 saturated heterocycles. The molecule has 1 aliphatic rings. The molecular weight excluding hydrogens is 344 g/mol. The van der Waals surface area contributed by atoms with Crippen molar-refractivity contribution in [3.8, 4) is 0 Å². The topological polar surface area (TPSA) is 26.3 Å². The summed E-state index contributed by atoms with van der Waals surface area (Å²) in [6.07, 6.45) is 21.9. The van der Waals surface area contributed by atoms with Gasteiger partial charge in [-0.25, -0.2) is 0 Å². The summed E-state index contributed by atoms with van der Waals surface area (Å²) in [5.41, 5.74) is 2.40. The Labute approximate surface area is 175 Å². The van der Waals surface area contributed by atoms with Crippen LogP contribution < -0.4 is 0 Å². The molecule has 0 fully saturated rings. The van der Waals surface area contributed by atoms with E-state index < -0.39 is 0 Å². The van der Waals surface area contributed by atoms with E-state index in [2.05, 4.69) is 33.4 Å². The van der Waals surface area contributed by atoms with Gasteiger partial charge in [-0.05, 0) is 44.6 Å². The van der Waals surface area contributed by atoms with E-state index in [4.69, 9.17) is 4.74 Å². The molecule has 0 N–H and O–H groups in total. The molecule has 2 atom stereocenters. The quantitative estimate of drug-likeness (QED) is 0.150. The maximum Gasteiger partial charge on any atom is 0.306 e. The van der Waals surface area contributed by atoms with Crippen molar-refractivity contribution in [3.05, 3.63) is 23.8 Å². The first kappa shape index (κ1) is 25.0. The highest BCUT2D eigenvalue weighted by Crippen LogP contribution is 2.30. The largest absolute Gasteiger partial charge is 0.458 e. The summed E-state index contributed by atoms with van der Waals surface area (Å²) in [5.74, 6) is 0.432. The van der Waals surface area contributed by atoms with Gasteiger partial charge in [0.2, 0.25) is 0 Å². The van der Waals surface area contributed by atoms with Gasteiger partial charge in [0.1, 0.15) is 6.10 Å². The Balaban J connectivity index is 1.96. The molecule has 0 aliphatic heterocycles. The summed E-state index contributed by atoms with van der Waals surface area (Å²) in [4.78, 5) is 12.2. The highest BCUT2D eigenvalue weighted by Gasteiger charge is 2.25. The number of allylic oxidation sites excluding steroid dienone is 2. The van der Waals surface area contributed by atoms with Crippen LogP contribution in [-0.4, -0.2) is 12.1 Å². The zero-order valence-electron chi connectivity index (χ0n) is 19.1. The fourth-order valence-electron chi connectivity index (χ4n) is 4.05. The Kier molecular flexibility index (Phi) is 14.1. The van der Waals surface area contributed by atoms with E-state index in [1.807, 2.05) is 0 Å². The van der Waals surface area contributed by atoms with Crippen molar-refractivity contribution in [2.24, 2.45) is 5.92 Å². The van der Waals surface area contributed by atoms with Crippen molar-refractivity contribution in [1.82, 2.24) is 0 Å². The number of rotatable bonds is 16. The fourth-order valence-corrected chi connectivity index (χ4v) is 4.05. The van der Waals surface area contributed by atoms with Crippen molar-refractivity contribution < 1.29 is 9.53 Å². The summed E-state index contributed by atoms with van der Waals surface area (Å²) in [6.45, 7) is 10.5. The number of ether oxygens (including phenoxy) is 1. The van der Waals surface area contributed by atoms with Crippen LogP contribution in [0.2, 0.25) is 0 Å². The molecule has 0 saturated carbocycles. The number of carbonyl (C=O) groups excluding carboxylic acids is 1. The normalized spacial score (nSPS) is 19.3. The highest BCUT2D eigenvalue weighted by atomic mass is 16.5. The van der Waals surface area contributed by atoms with E-state index in [1.54, 1.807) is 0 Å². The van der Waals surface area contributed by atoms with E-state index in [9.17, 15) is 4.79 Å². The lowest BCUT2D eigenvalue weighted by atomic mass is 9.84. The molecule has 0 aromatic carbocycles. The Morgan fingerprint density at radius 3 is 1.96 bits per heavy atom. The summed E-state index contributed by atoms with van der Waals surface area (Å²) in [6, 6.07) is 0. The van der Waals surface area contributed by atoms with Crippen LogP contribution in [0.25, 0.3) is 0 Å². The molecule has 0 radical (unpaired) electrons. The lowest BCUT2D eigenvalue weighted by molar-refractivity contribution is -0.148. The molecule has 0 bridgehead atoms. The van der Waals surface area contributed by atoms with Crippen LogP contribution in [0.3, 0.4) is 0 Å². The molecule has 1 rings (SSSR count). The fraction of sp³-hybridized carbons (Fsp3) is 0.808. The lowest BCUT2D eigenvalue weighted by Gasteiger charge is -2.28. The number of carbonyl (C=O) groups is 1. The van der Waals surface area contributed by atoms with Crippen LogP contribution in [-0.2, 0) is 9.53 Å². The lowest BCUT2D eigenvalue weighted by Crippen LogP contribution is -2.26. The van der Waals surface area contributed by atoms with Crippen molar-refractivity contribution in [2.45, 2.75) is 130 Å². The summed E-state index contributed by atoms with van der Waals surface area (Å²) < 4.78 is 5.74. The van der Waals surface area contributed by atoms with Crippen LogP contribution in [0, 0.1) is 5.92 Å². The molecular formula is C26H46O2. The van der Waals surface area contributed by atoms with E-state index in [0.717, 1.165) is 25.7 Å². The zero-order valence-corrected chi connectivity index (χ0v) is 19.1. The van der Waals surface area contributed by atoms with Crippen LogP contribution in [0.4, 0.5) is 0 Å². The predicted octanol–water partition coefficient (Wildman–Crippen LogP) is 8.31. The number of esters is 1. The maximum absolute atomic E-state index is 12.2. The minimum atomic E-state index is -0.0371. The van der Waals surface area contributed by atoms with Gasteiger partial charge in [0.15, 0.2) is 0 Å². The third-order valence-corrected chi connectivity index (χ3v) is 6.19. The zero-order chi connectivity index (χ0) is 20.6. The molecule has 0 aromatic rings. The molecule has 1 aliphatic carbocycles. The van der Waals surface area contributed by atoms with E-state index in [0.29, 0.717) is 12.3 Å².